The summed E-state index contributed by atoms with van der Waals surface area (Å²) in [5.41, 5.74) is 1.36. The first kappa shape index (κ1) is 16.5. The molecule has 0 atom stereocenters. The van der Waals surface area contributed by atoms with Gasteiger partial charge in [0.15, 0.2) is 16.6 Å². The summed E-state index contributed by atoms with van der Waals surface area (Å²) in [6, 6.07) is 9.13. The molecule has 0 aliphatic rings. The monoisotopic (exact) mass is 360 g/mol. The summed E-state index contributed by atoms with van der Waals surface area (Å²) < 4.78 is 10.4. The van der Waals surface area contributed by atoms with Crippen LogP contribution in [0.25, 0.3) is 10.6 Å². The number of amides is 1. The lowest BCUT2D eigenvalue weighted by Gasteiger charge is -2.09. The largest absolute Gasteiger partial charge is 0.493 e. The maximum Gasteiger partial charge on any atom is 0.257 e. The number of anilines is 1. The highest BCUT2D eigenvalue weighted by Gasteiger charge is 2.13. The fourth-order valence-electron chi connectivity index (χ4n) is 2.16. The van der Waals surface area contributed by atoms with Gasteiger partial charge in [0, 0.05) is 15.8 Å². The van der Waals surface area contributed by atoms with Crippen molar-refractivity contribution in [2.45, 2.75) is 6.92 Å². The van der Waals surface area contributed by atoms with E-state index < -0.39 is 0 Å². The van der Waals surface area contributed by atoms with Crippen molar-refractivity contribution < 1.29 is 14.3 Å². The third kappa shape index (κ3) is 3.42. The maximum absolute atomic E-state index is 12.4. The molecule has 124 valence electrons. The van der Waals surface area contributed by atoms with Gasteiger partial charge in [0.05, 0.1) is 24.8 Å². The molecule has 0 saturated heterocycles. The number of carbonyl (C=O) groups is 1. The van der Waals surface area contributed by atoms with Crippen LogP contribution in [-0.4, -0.2) is 25.1 Å². The number of thiophene rings is 1. The molecule has 2 aromatic heterocycles. The number of nitrogens with one attached hydrogen (secondary N) is 1. The van der Waals surface area contributed by atoms with Gasteiger partial charge in [-0.25, -0.2) is 4.98 Å². The van der Waals surface area contributed by atoms with Gasteiger partial charge in [0.2, 0.25) is 0 Å². The van der Waals surface area contributed by atoms with Crippen LogP contribution < -0.4 is 14.8 Å². The van der Waals surface area contributed by atoms with Crippen molar-refractivity contribution >= 4 is 33.7 Å². The molecule has 3 rings (SSSR count). The Bertz CT molecular complexity index is 870. The molecule has 0 bridgehead atoms. The van der Waals surface area contributed by atoms with E-state index >= 15 is 0 Å². The Kier molecular flexibility index (Phi) is 4.82. The fraction of sp³-hybridized carbons (Fsp3) is 0.176. The third-order valence-electron chi connectivity index (χ3n) is 3.36. The zero-order chi connectivity index (χ0) is 17.1. The van der Waals surface area contributed by atoms with Crippen LogP contribution in [0.1, 0.15) is 15.2 Å². The zero-order valence-electron chi connectivity index (χ0n) is 13.5. The molecule has 2 heterocycles. The van der Waals surface area contributed by atoms with Gasteiger partial charge in [-0.2, -0.15) is 0 Å². The molecule has 0 spiro atoms. The second kappa shape index (κ2) is 7.02. The van der Waals surface area contributed by atoms with Gasteiger partial charge in [-0.1, -0.05) is 0 Å². The number of hydrogen-bond donors (Lipinski definition) is 1. The highest BCUT2D eigenvalue weighted by Crippen LogP contribution is 2.31. The molecule has 24 heavy (non-hydrogen) atoms. The molecule has 1 aromatic carbocycles. The van der Waals surface area contributed by atoms with E-state index in [9.17, 15) is 4.79 Å². The minimum atomic E-state index is -0.237. The minimum absolute atomic E-state index is 0.237. The summed E-state index contributed by atoms with van der Waals surface area (Å²) in [4.78, 5) is 19.2. The molecule has 1 amide bonds. The predicted octanol–water partition coefficient (Wildman–Crippen LogP) is 4.45. The van der Waals surface area contributed by atoms with Gasteiger partial charge in [0.1, 0.15) is 0 Å². The summed E-state index contributed by atoms with van der Waals surface area (Å²) in [5, 5.41) is 5.33. The fourth-order valence-corrected chi connectivity index (χ4v) is 3.77. The molecule has 1 N–H and O–H groups in total. The third-order valence-corrected chi connectivity index (χ3v) is 5.14. The molecule has 0 saturated carbocycles. The number of thiazole rings is 1. The van der Waals surface area contributed by atoms with Crippen LogP contribution in [0.2, 0.25) is 0 Å². The summed E-state index contributed by atoms with van der Waals surface area (Å²) >= 11 is 3.08. The molecule has 0 aliphatic carbocycles. The standard InChI is InChI=1S/C17H16N2O3S2/c1-10-4-7-15(24-10)12-9-23-17(18-12)19-16(20)11-5-6-13(21-2)14(8-11)22-3/h4-9H,1-3H3,(H,18,19,20). The molecular formula is C17H16N2O3S2. The van der Waals surface area contributed by atoms with Crippen molar-refractivity contribution in [1.82, 2.24) is 4.98 Å². The quantitative estimate of drug-likeness (QED) is 0.730. The van der Waals surface area contributed by atoms with Crippen LogP contribution in [0.15, 0.2) is 35.7 Å². The van der Waals surface area contributed by atoms with Crippen LogP contribution in [0.3, 0.4) is 0 Å². The summed E-state index contributed by atoms with van der Waals surface area (Å²) in [6.07, 6.45) is 0. The smallest absolute Gasteiger partial charge is 0.257 e. The molecule has 0 fully saturated rings. The second-order valence-corrected chi connectivity index (χ2v) is 7.12. The predicted molar refractivity (Wildman–Crippen MR) is 97.7 cm³/mol. The number of ether oxygens (including phenoxy) is 2. The first-order chi connectivity index (χ1) is 11.6. The Morgan fingerprint density at radius 2 is 1.92 bits per heavy atom. The van der Waals surface area contributed by atoms with E-state index in [-0.39, 0.29) is 5.91 Å². The van der Waals surface area contributed by atoms with E-state index in [0.717, 1.165) is 10.6 Å². The van der Waals surface area contributed by atoms with E-state index in [2.05, 4.69) is 23.3 Å². The Hall–Kier alpha value is -2.38. The molecular weight excluding hydrogens is 344 g/mol. The van der Waals surface area contributed by atoms with Gasteiger partial charge in [-0.3, -0.25) is 10.1 Å². The van der Waals surface area contributed by atoms with Crippen molar-refractivity contribution in [3.8, 4) is 22.1 Å². The van der Waals surface area contributed by atoms with E-state index in [1.54, 1.807) is 36.6 Å². The summed E-state index contributed by atoms with van der Waals surface area (Å²) in [5.74, 6) is 0.858. The van der Waals surface area contributed by atoms with Crippen molar-refractivity contribution in [3.63, 3.8) is 0 Å². The second-order valence-electron chi connectivity index (χ2n) is 4.97. The van der Waals surface area contributed by atoms with Gasteiger partial charge in [-0.15, -0.1) is 22.7 Å². The SMILES string of the molecule is COc1ccc(C(=O)Nc2nc(-c3ccc(C)s3)cs2)cc1OC. The summed E-state index contributed by atoms with van der Waals surface area (Å²) in [7, 11) is 3.09. The van der Waals surface area contributed by atoms with Crippen molar-refractivity contribution in [2.24, 2.45) is 0 Å². The lowest BCUT2D eigenvalue weighted by Crippen LogP contribution is -2.11. The highest BCUT2D eigenvalue weighted by atomic mass is 32.1. The Labute approximate surface area is 147 Å². The van der Waals surface area contributed by atoms with E-state index in [1.165, 1.54) is 23.3 Å². The molecule has 7 heteroatoms. The number of carbonyl (C=O) groups excluding carboxylic acids is 1. The van der Waals surface area contributed by atoms with Crippen molar-refractivity contribution in [1.29, 1.82) is 0 Å². The van der Waals surface area contributed by atoms with Crippen molar-refractivity contribution in [3.05, 3.63) is 46.2 Å². The number of nitrogens with zero attached hydrogens (tertiary/aromatic N) is 1. The number of aromatic nitrogens is 1. The van der Waals surface area contributed by atoms with E-state index in [0.29, 0.717) is 22.2 Å². The number of aryl methyl sites for hydroxylation is 1. The highest BCUT2D eigenvalue weighted by molar-refractivity contribution is 7.17. The molecule has 0 aliphatic heterocycles. The van der Waals surface area contributed by atoms with Crippen LogP contribution in [0.5, 0.6) is 11.5 Å². The van der Waals surface area contributed by atoms with Gasteiger partial charge >= 0.3 is 0 Å². The molecule has 0 unspecified atom stereocenters. The average Bonchev–Trinajstić information content (AvgIpc) is 3.23. The lowest BCUT2D eigenvalue weighted by molar-refractivity contribution is 0.102. The molecule has 3 aromatic rings. The normalized spacial score (nSPS) is 10.5. The first-order valence-electron chi connectivity index (χ1n) is 7.16. The Balaban J connectivity index is 1.77. The zero-order valence-corrected chi connectivity index (χ0v) is 15.1. The van der Waals surface area contributed by atoms with Crippen LogP contribution in [0, 0.1) is 6.92 Å². The molecule has 5 nitrogen and oxygen atoms in total. The molecule has 0 radical (unpaired) electrons. The lowest BCUT2D eigenvalue weighted by atomic mass is 10.2. The Morgan fingerprint density at radius 3 is 2.58 bits per heavy atom. The minimum Gasteiger partial charge on any atom is -0.493 e. The Morgan fingerprint density at radius 1 is 1.12 bits per heavy atom. The van der Waals surface area contributed by atoms with Crippen LogP contribution in [-0.2, 0) is 0 Å². The number of hydrogen-bond acceptors (Lipinski definition) is 6. The van der Waals surface area contributed by atoms with E-state index in [4.69, 9.17) is 9.47 Å². The van der Waals surface area contributed by atoms with Crippen LogP contribution in [0.4, 0.5) is 5.13 Å². The van der Waals surface area contributed by atoms with Crippen molar-refractivity contribution in [2.75, 3.05) is 19.5 Å². The number of methoxy groups -OCH3 is 2. The van der Waals surface area contributed by atoms with Gasteiger partial charge < -0.3 is 9.47 Å². The van der Waals surface area contributed by atoms with Crippen LogP contribution >= 0.6 is 22.7 Å². The average molecular weight is 360 g/mol. The van der Waals surface area contributed by atoms with Gasteiger partial charge in [-0.05, 0) is 37.3 Å². The maximum atomic E-state index is 12.4. The topological polar surface area (TPSA) is 60.5 Å². The summed E-state index contributed by atoms with van der Waals surface area (Å²) in [6.45, 7) is 2.06. The van der Waals surface area contributed by atoms with E-state index in [1.807, 2.05) is 11.4 Å². The number of rotatable bonds is 5. The number of benzene rings is 1. The van der Waals surface area contributed by atoms with Gasteiger partial charge in [0.25, 0.3) is 5.91 Å². The first-order valence-corrected chi connectivity index (χ1v) is 8.86.